The first kappa shape index (κ1) is 12.4. The first-order chi connectivity index (χ1) is 9.28. The molecule has 2 aromatic rings. The average Bonchev–Trinajstić information content (AvgIpc) is 2.80. The summed E-state index contributed by atoms with van der Waals surface area (Å²) < 4.78 is 2.06. The third-order valence-corrected chi connectivity index (χ3v) is 3.82. The molecule has 1 fully saturated rings. The lowest BCUT2D eigenvalue weighted by Gasteiger charge is -2.24. The van der Waals surface area contributed by atoms with E-state index in [2.05, 4.69) is 40.8 Å². The highest BCUT2D eigenvalue weighted by Gasteiger charge is 2.18. The second-order valence-corrected chi connectivity index (χ2v) is 5.09. The molecule has 0 bridgehead atoms. The SMILES string of the molecule is CCn1nc(CN2CCC(=O)CC2)c2ccccc21. The second kappa shape index (κ2) is 5.13. The van der Waals surface area contributed by atoms with E-state index < -0.39 is 0 Å². The highest BCUT2D eigenvalue weighted by atomic mass is 16.1. The normalized spacial score (nSPS) is 17.2. The zero-order chi connectivity index (χ0) is 13.2. The molecule has 1 aliphatic rings. The van der Waals surface area contributed by atoms with Gasteiger partial charge in [0, 0.05) is 44.4 Å². The van der Waals surface area contributed by atoms with Crippen molar-refractivity contribution in [3.8, 4) is 0 Å². The molecule has 0 N–H and O–H groups in total. The number of para-hydroxylation sites is 1. The number of hydrogen-bond donors (Lipinski definition) is 0. The summed E-state index contributed by atoms with van der Waals surface area (Å²) in [6, 6.07) is 8.38. The Morgan fingerprint density at radius 2 is 1.95 bits per heavy atom. The van der Waals surface area contributed by atoms with E-state index in [9.17, 15) is 4.79 Å². The molecule has 0 amide bonds. The molecular weight excluding hydrogens is 238 g/mol. The van der Waals surface area contributed by atoms with Crippen LogP contribution in [0.1, 0.15) is 25.5 Å². The van der Waals surface area contributed by atoms with Crippen LogP contribution < -0.4 is 0 Å². The van der Waals surface area contributed by atoms with E-state index in [0.29, 0.717) is 18.6 Å². The van der Waals surface area contributed by atoms with Gasteiger partial charge in [-0.25, -0.2) is 0 Å². The van der Waals surface area contributed by atoms with Gasteiger partial charge in [-0.3, -0.25) is 14.4 Å². The lowest BCUT2D eigenvalue weighted by molar-refractivity contribution is -0.121. The lowest BCUT2D eigenvalue weighted by Crippen LogP contribution is -2.33. The lowest BCUT2D eigenvalue weighted by atomic mass is 10.1. The third-order valence-electron chi connectivity index (χ3n) is 3.82. The van der Waals surface area contributed by atoms with Crippen LogP contribution in [0.3, 0.4) is 0 Å². The number of fused-ring (bicyclic) bond motifs is 1. The Hall–Kier alpha value is -1.68. The van der Waals surface area contributed by atoms with Gasteiger partial charge in [0.05, 0.1) is 11.2 Å². The molecule has 0 saturated carbocycles. The summed E-state index contributed by atoms with van der Waals surface area (Å²) >= 11 is 0. The van der Waals surface area contributed by atoms with Crippen LogP contribution in [0.2, 0.25) is 0 Å². The van der Waals surface area contributed by atoms with Crippen molar-refractivity contribution in [3.05, 3.63) is 30.0 Å². The number of Topliss-reactive ketones (excluding diaryl/α,β-unsaturated/α-hetero) is 1. The third kappa shape index (κ3) is 2.40. The van der Waals surface area contributed by atoms with Crippen LogP contribution in [-0.4, -0.2) is 33.6 Å². The first-order valence-electron chi connectivity index (χ1n) is 6.96. The molecule has 4 nitrogen and oxygen atoms in total. The van der Waals surface area contributed by atoms with E-state index in [1.165, 1.54) is 10.9 Å². The van der Waals surface area contributed by atoms with Gasteiger partial charge in [-0.1, -0.05) is 18.2 Å². The number of carbonyl (C=O) groups is 1. The molecule has 0 radical (unpaired) electrons. The minimum atomic E-state index is 0.389. The van der Waals surface area contributed by atoms with Gasteiger partial charge in [-0.2, -0.15) is 5.10 Å². The molecule has 19 heavy (non-hydrogen) atoms. The fourth-order valence-corrected chi connectivity index (χ4v) is 2.73. The minimum absolute atomic E-state index is 0.389. The Morgan fingerprint density at radius 1 is 1.21 bits per heavy atom. The van der Waals surface area contributed by atoms with Crippen molar-refractivity contribution in [2.45, 2.75) is 32.9 Å². The van der Waals surface area contributed by atoms with Gasteiger partial charge in [-0.15, -0.1) is 0 Å². The Balaban J connectivity index is 1.86. The van der Waals surface area contributed by atoms with E-state index in [-0.39, 0.29) is 0 Å². The van der Waals surface area contributed by atoms with Crippen molar-refractivity contribution in [2.75, 3.05) is 13.1 Å². The fraction of sp³-hybridized carbons (Fsp3) is 0.467. The van der Waals surface area contributed by atoms with Crippen molar-refractivity contribution in [2.24, 2.45) is 0 Å². The Bertz CT molecular complexity index is 592. The van der Waals surface area contributed by atoms with Gasteiger partial charge in [0.15, 0.2) is 0 Å². The molecule has 1 aliphatic heterocycles. The maximum Gasteiger partial charge on any atom is 0.135 e. The molecule has 4 heteroatoms. The Morgan fingerprint density at radius 3 is 2.68 bits per heavy atom. The van der Waals surface area contributed by atoms with E-state index in [0.717, 1.165) is 31.9 Å². The number of rotatable bonds is 3. The predicted molar refractivity (Wildman–Crippen MR) is 74.9 cm³/mol. The van der Waals surface area contributed by atoms with Crippen molar-refractivity contribution in [1.29, 1.82) is 0 Å². The first-order valence-corrected chi connectivity index (χ1v) is 6.96. The van der Waals surface area contributed by atoms with E-state index in [4.69, 9.17) is 5.10 Å². The monoisotopic (exact) mass is 257 g/mol. The van der Waals surface area contributed by atoms with Crippen LogP contribution >= 0.6 is 0 Å². The van der Waals surface area contributed by atoms with Crippen LogP contribution in [0, 0.1) is 0 Å². The number of ketones is 1. The topological polar surface area (TPSA) is 38.1 Å². The van der Waals surface area contributed by atoms with Crippen molar-refractivity contribution < 1.29 is 4.79 Å². The largest absolute Gasteiger partial charge is 0.300 e. The van der Waals surface area contributed by atoms with Gasteiger partial charge in [-0.05, 0) is 13.0 Å². The Kier molecular flexibility index (Phi) is 3.34. The number of hydrogen-bond acceptors (Lipinski definition) is 3. The van der Waals surface area contributed by atoms with E-state index in [1.807, 2.05) is 0 Å². The van der Waals surface area contributed by atoms with Gasteiger partial charge >= 0.3 is 0 Å². The van der Waals surface area contributed by atoms with Gasteiger partial charge < -0.3 is 0 Å². The maximum absolute atomic E-state index is 11.3. The molecule has 1 aromatic carbocycles. The number of likely N-dealkylation sites (tertiary alicyclic amines) is 1. The highest BCUT2D eigenvalue weighted by Crippen LogP contribution is 2.20. The number of nitrogens with zero attached hydrogens (tertiary/aromatic N) is 3. The number of benzene rings is 1. The second-order valence-electron chi connectivity index (χ2n) is 5.09. The van der Waals surface area contributed by atoms with Gasteiger partial charge in [0.2, 0.25) is 0 Å². The van der Waals surface area contributed by atoms with Crippen LogP contribution in [0.4, 0.5) is 0 Å². The summed E-state index contributed by atoms with van der Waals surface area (Å²) in [5, 5.41) is 5.95. The average molecular weight is 257 g/mol. The molecular formula is C15H19N3O. The standard InChI is InChI=1S/C15H19N3O/c1-2-18-15-6-4-3-5-13(15)14(16-18)11-17-9-7-12(19)8-10-17/h3-6H,2,7-11H2,1H3. The number of aromatic nitrogens is 2. The van der Waals surface area contributed by atoms with Crippen LogP contribution in [0.15, 0.2) is 24.3 Å². The quantitative estimate of drug-likeness (QED) is 0.846. The van der Waals surface area contributed by atoms with Gasteiger partial charge in [0.25, 0.3) is 0 Å². The summed E-state index contributed by atoms with van der Waals surface area (Å²) in [5.74, 6) is 0.389. The van der Waals surface area contributed by atoms with Crippen LogP contribution in [0.5, 0.6) is 0 Å². The smallest absolute Gasteiger partial charge is 0.135 e. The molecule has 2 heterocycles. The highest BCUT2D eigenvalue weighted by molar-refractivity contribution is 5.82. The van der Waals surface area contributed by atoms with E-state index in [1.54, 1.807) is 0 Å². The predicted octanol–water partition coefficient (Wildman–Crippen LogP) is 2.22. The molecule has 0 aliphatic carbocycles. The van der Waals surface area contributed by atoms with Crippen molar-refractivity contribution in [1.82, 2.24) is 14.7 Å². The molecule has 0 atom stereocenters. The maximum atomic E-state index is 11.3. The molecule has 0 unspecified atom stereocenters. The molecule has 3 rings (SSSR count). The Labute approximate surface area is 113 Å². The summed E-state index contributed by atoms with van der Waals surface area (Å²) in [6.45, 7) is 5.58. The van der Waals surface area contributed by atoms with Crippen LogP contribution in [-0.2, 0) is 17.9 Å². The summed E-state index contributed by atoms with van der Waals surface area (Å²) in [7, 11) is 0. The van der Waals surface area contributed by atoms with Crippen molar-refractivity contribution in [3.63, 3.8) is 0 Å². The van der Waals surface area contributed by atoms with Crippen molar-refractivity contribution >= 4 is 16.7 Å². The molecule has 100 valence electrons. The molecule has 1 saturated heterocycles. The minimum Gasteiger partial charge on any atom is -0.300 e. The zero-order valence-electron chi connectivity index (χ0n) is 11.3. The molecule has 0 spiro atoms. The number of aryl methyl sites for hydroxylation is 1. The zero-order valence-corrected chi connectivity index (χ0v) is 11.3. The molecule has 1 aromatic heterocycles. The summed E-state index contributed by atoms with van der Waals surface area (Å²) in [6.07, 6.45) is 1.37. The fourth-order valence-electron chi connectivity index (χ4n) is 2.73. The van der Waals surface area contributed by atoms with Crippen LogP contribution in [0.25, 0.3) is 10.9 Å². The number of piperidine rings is 1. The van der Waals surface area contributed by atoms with Gasteiger partial charge in [0.1, 0.15) is 5.78 Å². The number of carbonyl (C=O) groups excluding carboxylic acids is 1. The summed E-state index contributed by atoms with van der Waals surface area (Å²) in [4.78, 5) is 13.6. The summed E-state index contributed by atoms with van der Waals surface area (Å²) in [5.41, 5.74) is 2.33. The van der Waals surface area contributed by atoms with E-state index >= 15 is 0 Å².